The van der Waals surface area contributed by atoms with Crippen molar-refractivity contribution in [3.63, 3.8) is 0 Å². The molecule has 6 atom stereocenters. The van der Waals surface area contributed by atoms with Crippen LogP contribution in [-0.4, -0.2) is 85.5 Å². The van der Waals surface area contributed by atoms with Gasteiger partial charge in [0.25, 0.3) is 0 Å². The number of benzene rings is 1. The molecular formula is C24H33NO11. The van der Waals surface area contributed by atoms with Gasteiger partial charge in [0.2, 0.25) is 5.91 Å². The first-order chi connectivity index (χ1) is 17.1. The van der Waals surface area contributed by atoms with Crippen molar-refractivity contribution in [2.45, 2.75) is 71.0 Å². The third-order valence-electron chi connectivity index (χ3n) is 5.05. The number of hydrogen-bond donors (Lipinski definition) is 2. The fourth-order valence-electron chi connectivity index (χ4n) is 3.58. The Morgan fingerprint density at radius 3 is 2.17 bits per heavy atom. The van der Waals surface area contributed by atoms with Gasteiger partial charge in [0.15, 0.2) is 18.5 Å². The minimum atomic E-state index is -1.24. The Kier molecular flexibility index (Phi) is 11.7. The van der Waals surface area contributed by atoms with E-state index in [9.17, 15) is 24.3 Å². The van der Waals surface area contributed by atoms with Crippen molar-refractivity contribution in [2.24, 2.45) is 0 Å². The maximum absolute atomic E-state index is 12.0. The topological polar surface area (TPSA) is 156 Å². The van der Waals surface area contributed by atoms with Gasteiger partial charge in [-0.3, -0.25) is 19.2 Å². The molecule has 1 saturated heterocycles. The average Bonchev–Trinajstić information content (AvgIpc) is 2.81. The van der Waals surface area contributed by atoms with Gasteiger partial charge in [0, 0.05) is 27.7 Å². The quantitative estimate of drug-likeness (QED) is 0.293. The predicted molar refractivity (Wildman–Crippen MR) is 122 cm³/mol. The smallest absolute Gasteiger partial charge is 0.303 e. The number of carbonyl (C=O) groups is 4. The number of amides is 1. The molecule has 0 aliphatic carbocycles. The van der Waals surface area contributed by atoms with Crippen molar-refractivity contribution in [1.29, 1.82) is 0 Å². The highest BCUT2D eigenvalue weighted by atomic mass is 16.7. The zero-order valence-electron chi connectivity index (χ0n) is 20.7. The summed E-state index contributed by atoms with van der Waals surface area (Å²) in [6.45, 7) is 4.09. The molecule has 1 aliphatic rings. The summed E-state index contributed by atoms with van der Waals surface area (Å²) in [4.78, 5) is 47.1. The molecular weight excluding hydrogens is 478 g/mol. The molecule has 1 fully saturated rings. The van der Waals surface area contributed by atoms with Crippen LogP contribution in [0.5, 0.6) is 0 Å². The largest absolute Gasteiger partial charge is 0.463 e. The highest BCUT2D eigenvalue weighted by Gasteiger charge is 2.51. The molecule has 36 heavy (non-hydrogen) atoms. The predicted octanol–water partition coefficient (Wildman–Crippen LogP) is 0.237. The van der Waals surface area contributed by atoms with Gasteiger partial charge in [-0.2, -0.15) is 0 Å². The van der Waals surface area contributed by atoms with Crippen LogP contribution >= 0.6 is 0 Å². The van der Waals surface area contributed by atoms with Crippen LogP contribution in [-0.2, 0) is 54.2 Å². The van der Waals surface area contributed by atoms with E-state index in [0.717, 1.165) is 19.4 Å². The first-order valence-electron chi connectivity index (χ1n) is 11.4. The van der Waals surface area contributed by atoms with Crippen LogP contribution < -0.4 is 5.32 Å². The third-order valence-corrected chi connectivity index (χ3v) is 5.05. The second kappa shape index (κ2) is 14.5. The molecule has 0 saturated carbocycles. The number of nitrogens with one attached hydrogen (secondary N) is 1. The molecule has 0 radical (unpaired) electrons. The monoisotopic (exact) mass is 511 g/mol. The van der Waals surface area contributed by atoms with E-state index in [2.05, 4.69) is 5.32 Å². The Balaban J connectivity index is 2.24. The molecule has 1 aromatic carbocycles. The number of ether oxygens (including phenoxy) is 6. The van der Waals surface area contributed by atoms with Crippen molar-refractivity contribution in [1.82, 2.24) is 5.32 Å². The number of aliphatic hydroxyl groups excluding tert-OH is 1. The van der Waals surface area contributed by atoms with Crippen LogP contribution in [0.25, 0.3) is 0 Å². The molecule has 1 aliphatic heterocycles. The van der Waals surface area contributed by atoms with E-state index in [1.807, 2.05) is 30.3 Å². The Bertz CT molecular complexity index is 878. The Morgan fingerprint density at radius 2 is 1.61 bits per heavy atom. The number of aliphatic hydroxyl groups is 1. The molecule has 0 aromatic heterocycles. The van der Waals surface area contributed by atoms with Gasteiger partial charge in [0.05, 0.1) is 19.8 Å². The molecule has 2 N–H and O–H groups in total. The van der Waals surface area contributed by atoms with Gasteiger partial charge in [-0.05, 0) is 5.56 Å². The van der Waals surface area contributed by atoms with Gasteiger partial charge in [-0.1, -0.05) is 30.3 Å². The van der Waals surface area contributed by atoms with E-state index in [4.69, 9.17) is 28.4 Å². The van der Waals surface area contributed by atoms with E-state index in [-0.39, 0.29) is 26.4 Å². The number of carbonyl (C=O) groups excluding carboxylic acids is 4. The zero-order valence-corrected chi connectivity index (χ0v) is 20.7. The van der Waals surface area contributed by atoms with Gasteiger partial charge in [-0.15, -0.1) is 0 Å². The maximum atomic E-state index is 12.0. The minimum Gasteiger partial charge on any atom is -0.463 e. The lowest BCUT2D eigenvalue weighted by Gasteiger charge is -2.45. The van der Waals surface area contributed by atoms with Crippen molar-refractivity contribution in [2.75, 3.05) is 19.8 Å². The molecule has 200 valence electrons. The SMILES string of the molecule is CC(=O)N[C@H]1[C@@H](OCC(CO)OCc2ccccc2)O[C@H](COC(C)=O)[C@@H](OC(C)=O)[C@@H]1OC(C)=O. The molecule has 0 spiro atoms. The maximum Gasteiger partial charge on any atom is 0.303 e. The molecule has 12 nitrogen and oxygen atoms in total. The summed E-state index contributed by atoms with van der Waals surface area (Å²) >= 11 is 0. The van der Waals surface area contributed by atoms with Crippen LogP contribution in [0.2, 0.25) is 0 Å². The van der Waals surface area contributed by atoms with Crippen molar-refractivity contribution in [3.8, 4) is 0 Å². The minimum absolute atomic E-state index is 0.157. The van der Waals surface area contributed by atoms with Crippen LogP contribution in [0.3, 0.4) is 0 Å². The van der Waals surface area contributed by atoms with Gasteiger partial charge in [-0.25, -0.2) is 0 Å². The summed E-state index contributed by atoms with van der Waals surface area (Å²) in [5.74, 6) is -2.52. The molecule has 0 bridgehead atoms. The standard InChI is InChI=1S/C24H33NO11/c1-14(27)25-21-23(35-17(4)30)22(34-16(3)29)20(13-31-15(2)28)36-24(21)33-12-19(10-26)32-11-18-8-6-5-7-9-18/h5-9,19-24,26H,10-13H2,1-4H3,(H,25,27)/t19?,20-,21-,22-,23-,24+/m1/s1. The van der Waals surface area contributed by atoms with Gasteiger partial charge >= 0.3 is 17.9 Å². The summed E-state index contributed by atoms with van der Waals surface area (Å²) in [6.07, 6.45) is -5.52. The summed E-state index contributed by atoms with van der Waals surface area (Å²) < 4.78 is 33.3. The summed E-state index contributed by atoms with van der Waals surface area (Å²) in [5, 5.41) is 12.4. The average molecular weight is 512 g/mol. The Morgan fingerprint density at radius 1 is 0.972 bits per heavy atom. The van der Waals surface area contributed by atoms with E-state index in [1.54, 1.807) is 0 Å². The number of rotatable bonds is 12. The van der Waals surface area contributed by atoms with Crippen molar-refractivity contribution >= 4 is 23.8 Å². The van der Waals surface area contributed by atoms with E-state index in [1.165, 1.54) is 13.8 Å². The molecule has 1 unspecified atom stereocenters. The molecule has 1 amide bonds. The normalized spacial score (nSPS) is 24.3. The van der Waals surface area contributed by atoms with Crippen molar-refractivity contribution in [3.05, 3.63) is 35.9 Å². The van der Waals surface area contributed by atoms with Gasteiger partial charge in [0.1, 0.15) is 24.9 Å². The lowest BCUT2D eigenvalue weighted by molar-refractivity contribution is -0.283. The summed E-state index contributed by atoms with van der Waals surface area (Å²) in [5.41, 5.74) is 0.890. The second-order valence-electron chi connectivity index (χ2n) is 8.15. The van der Waals surface area contributed by atoms with Gasteiger partial charge < -0.3 is 38.8 Å². The van der Waals surface area contributed by atoms with E-state index < -0.39 is 60.6 Å². The van der Waals surface area contributed by atoms with Crippen LogP contribution in [0.4, 0.5) is 0 Å². The molecule has 1 heterocycles. The summed E-state index contributed by atoms with van der Waals surface area (Å²) in [7, 11) is 0. The lowest BCUT2D eigenvalue weighted by Crippen LogP contribution is -2.66. The molecule has 1 aromatic rings. The second-order valence-corrected chi connectivity index (χ2v) is 8.15. The lowest BCUT2D eigenvalue weighted by atomic mass is 9.96. The fourth-order valence-corrected chi connectivity index (χ4v) is 3.58. The first kappa shape index (κ1) is 29.2. The summed E-state index contributed by atoms with van der Waals surface area (Å²) in [6, 6.07) is 8.21. The third kappa shape index (κ3) is 9.53. The fraction of sp³-hybridized carbons (Fsp3) is 0.583. The highest BCUT2D eigenvalue weighted by Crippen LogP contribution is 2.28. The Hall–Kier alpha value is -3.06. The van der Waals surface area contributed by atoms with E-state index in [0.29, 0.717) is 0 Å². The number of esters is 3. The molecule has 12 heteroatoms. The van der Waals surface area contributed by atoms with Crippen LogP contribution in [0.1, 0.15) is 33.3 Å². The highest BCUT2D eigenvalue weighted by molar-refractivity contribution is 5.73. The molecule has 2 rings (SSSR count). The Labute approximate surface area is 209 Å². The van der Waals surface area contributed by atoms with Crippen LogP contribution in [0, 0.1) is 0 Å². The first-order valence-corrected chi connectivity index (χ1v) is 11.4. The zero-order chi connectivity index (χ0) is 26.7. The van der Waals surface area contributed by atoms with Crippen LogP contribution in [0.15, 0.2) is 30.3 Å². The number of hydrogen-bond acceptors (Lipinski definition) is 11. The van der Waals surface area contributed by atoms with Crippen molar-refractivity contribution < 1.29 is 52.7 Å². The van der Waals surface area contributed by atoms with E-state index >= 15 is 0 Å².